The smallest absolute Gasteiger partial charge is 0.163 e. The molecule has 0 spiro atoms. The van der Waals surface area contributed by atoms with E-state index in [2.05, 4.69) is 18.2 Å². The maximum atomic E-state index is 9.19. The maximum Gasteiger partial charge on any atom is 0.163 e. The third-order valence-corrected chi connectivity index (χ3v) is 4.20. The molecular formula is C19H17N3O2. The first-order valence-corrected chi connectivity index (χ1v) is 8.05. The van der Waals surface area contributed by atoms with Crippen LogP contribution in [0.3, 0.4) is 0 Å². The van der Waals surface area contributed by atoms with Crippen LogP contribution in [0.25, 0.3) is 11.0 Å². The van der Waals surface area contributed by atoms with E-state index in [1.807, 2.05) is 34.9 Å². The molecule has 5 nitrogen and oxygen atoms in total. The molecule has 0 atom stereocenters. The number of hydrogen-bond donors (Lipinski definition) is 0. The second-order valence-electron chi connectivity index (χ2n) is 5.74. The summed E-state index contributed by atoms with van der Waals surface area (Å²) in [6, 6.07) is 16.4. The Morgan fingerprint density at radius 2 is 1.79 bits per heavy atom. The minimum Gasteiger partial charge on any atom is -0.486 e. The van der Waals surface area contributed by atoms with Crippen LogP contribution in [0.15, 0.2) is 42.5 Å². The Labute approximate surface area is 140 Å². The SMILES string of the molecule is N#CCn1c(CCc2ccccc2)nc2cc3c(cc21)OCCO3. The number of rotatable bonds is 4. The maximum absolute atomic E-state index is 9.19. The molecular weight excluding hydrogens is 302 g/mol. The number of nitrogens with zero attached hydrogens (tertiary/aromatic N) is 3. The Balaban J connectivity index is 1.71. The van der Waals surface area contributed by atoms with Gasteiger partial charge in [0.25, 0.3) is 0 Å². The van der Waals surface area contributed by atoms with Crippen molar-refractivity contribution in [3.8, 4) is 17.6 Å². The first-order chi connectivity index (χ1) is 11.8. The number of aromatic nitrogens is 2. The zero-order valence-electron chi connectivity index (χ0n) is 13.2. The summed E-state index contributed by atoms with van der Waals surface area (Å²) < 4.78 is 13.3. The van der Waals surface area contributed by atoms with E-state index in [0.717, 1.165) is 41.2 Å². The molecule has 2 aromatic carbocycles. The molecule has 0 saturated carbocycles. The van der Waals surface area contributed by atoms with E-state index in [4.69, 9.17) is 14.5 Å². The van der Waals surface area contributed by atoms with Crippen LogP contribution < -0.4 is 9.47 Å². The Morgan fingerprint density at radius 3 is 2.54 bits per heavy atom. The van der Waals surface area contributed by atoms with Gasteiger partial charge in [0.1, 0.15) is 25.6 Å². The van der Waals surface area contributed by atoms with E-state index >= 15 is 0 Å². The summed E-state index contributed by atoms with van der Waals surface area (Å²) in [5.74, 6) is 2.37. The summed E-state index contributed by atoms with van der Waals surface area (Å²) in [6.07, 6.45) is 1.68. The molecule has 1 aliphatic heterocycles. The number of aryl methyl sites for hydroxylation is 2. The van der Waals surface area contributed by atoms with E-state index in [-0.39, 0.29) is 6.54 Å². The average Bonchev–Trinajstić information content (AvgIpc) is 2.96. The molecule has 0 saturated heterocycles. The molecule has 5 heteroatoms. The fraction of sp³-hybridized carbons (Fsp3) is 0.263. The predicted molar refractivity (Wildman–Crippen MR) is 90.2 cm³/mol. The van der Waals surface area contributed by atoms with Gasteiger partial charge in [-0.15, -0.1) is 0 Å². The largest absolute Gasteiger partial charge is 0.486 e. The van der Waals surface area contributed by atoms with Crippen LogP contribution in [0.5, 0.6) is 11.5 Å². The minimum atomic E-state index is 0.278. The highest BCUT2D eigenvalue weighted by Crippen LogP contribution is 2.34. The van der Waals surface area contributed by atoms with E-state index in [9.17, 15) is 5.26 Å². The van der Waals surface area contributed by atoms with Crippen LogP contribution in [0.1, 0.15) is 11.4 Å². The Hall–Kier alpha value is -3.00. The summed E-state index contributed by atoms with van der Waals surface area (Å²) in [5.41, 5.74) is 3.03. The standard InChI is InChI=1S/C19H17N3O2/c20-8-9-22-16-13-18-17(23-10-11-24-18)12-15(16)21-19(22)7-6-14-4-2-1-3-5-14/h1-5,12-13H,6-7,9-11H2. The van der Waals surface area contributed by atoms with Crippen molar-refractivity contribution < 1.29 is 9.47 Å². The summed E-state index contributed by atoms with van der Waals surface area (Å²) in [4.78, 5) is 4.73. The molecule has 2 heterocycles. The topological polar surface area (TPSA) is 60.1 Å². The van der Waals surface area contributed by atoms with Crippen molar-refractivity contribution >= 4 is 11.0 Å². The van der Waals surface area contributed by atoms with E-state index in [1.165, 1.54) is 5.56 Å². The summed E-state index contributed by atoms with van der Waals surface area (Å²) in [5, 5.41) is 9.19. The first-order valence-electron chi connectivity index (χ1n) is 8.05. The van der Waals surface area contributed by atoms with Gasteiger partial charge in [0.05, 0.1) is 17.1 Å². The van der Waals surface area contributed by atoms with Crippen molar-refractivity contribution in [2.75, 3.05) is 13.2 Å². The van der Waals surface area contributed by atoms with Gasteiger partial charge in [-0.1, -0.05) is 30.3 Å². The lowest BCUT2D eigenvalue weighted by molar-refractivity contribution is 0.172. The van der Waals surface area contributed by atoms with Crippen LogP contribution in [0, 0.1) is 11.3 Å². The van der Waals surface area contributed by atoms with E-state index in [1.54, 1.807) is 0 Å². The molecule has 1 aromatic heterocycles. The number of hydrogen-bond acceptors (Lipinski definition) is 4. The van der Waals surface area contributed by atoms with Crippen LogP contribution >= 0.6 is 0 Å². The van der Waals surface area contributed by atoms with Gasteiger partial charge in [0.15, 0.2) is 11.5 Å². The van der Waals surface area contributed by atoms with Gasteiger partial charge in [0.2, 0.25) is 0 Å². The molecule has 120 valence electrons. The normalized spacial score (nSPS) is 13.0. The third-order valence-electron chi connectivity index (χ3n) is 4.20. The Morgan fingerprint density at radius 1 is 1.04 bits per heavy atom. The third kappa shape index (κ3) is 2.67. The Bertz CT molecular complexity index is 910. The Kier molecular flexibility index (Phi) is 3.80. The van der Waals surface area contributed by atoms with Crippen LogP contribution in [0.4, 0.5) is 0 Å². The zero-order valence-corrected chi connectivity index (χ0v) is 13.2. The van der Waals surface area contributed by atoms with Gasteiger partial charge in [-0.05, 0) is 12.0 Å². The van der Waals surface area contributed by atoms with Crippen LogP contribution in [0.2, 0.25) is 0 Å². The molecule has 4 rings (SSSR count). The second-order valence-corrected chi connectivity index (χ2v) is 5.74. The van der Waals surface area contributed by atoms with Crippen molar-refractivity contribution in [2.24, 2.45) is 0 Å². The number of nitriles is 1. The zero-order chi connectivity index (χ0) is 16.4. The van der Waals surface area contributed by atoms with Crippen LogP contribution in [-0.2, 0) is 19.4 Å². The molecule has 24 heavy (non-hydrogen) atoms. The van der Waals surface area contributed by atoms with Crippen LogP contribution in [-0.4, -0.2) is 22.8 Å². The van der Waals surface area contributed by atoms with Crippen molar-refractivity contribution in [2.45, 2.75) is 19.4 Å². The summed E-state index contributed by atoms with van der Waals surface area (Å²) >= 11 is 0. The number of ether oxygens (including phenoxy) is 2. The molecule has 0 fully saturated rings. The minimum absolute atomic E-state index is 0.278. The molecule has 3 aromatic rings. The number of fused-ring (bicyclic) bond motifs is 2. The molecule has 0 aliphatic carbocycles. The van der Waals surface area contributed by atoms with Gasteiger partial charge >= 0.3 is 0 Å². The first kappa shape index (κ1) is 14.6. The van der Waals surface area contributed by atoms with Gasteiger partial charge < -0.3 is 14.0 Å². The highest BCUT2D eigenvalue weighted by atomic mass is 16.6. The summed E-state index contributed by atoms with van der Waals surface area (Å²) in [7, 11) is 0. The van der Waals surface area contributed by atoms with Crippen molar-refractivity contribution in [1.82, 2.24) is 9.55 Å². The molecule has 0 radical (unpaired) electrons. The fourth-order valence-corrected chi connectivity index (χ4v) is 3.05. The van der Waals surface area contributed by atoms with Gasteiger partial charge in [-0.2, -0.15) is 5.26 Å². The monoisotopic (exact) mass is 319 g/mol. The summed E-state index contributed by atoms with van der Waals surface area (Å²) in [6.45, 7) is 1.38. The average molecular weight is 319 g/mol. The van der Waals surface area contributed by atoms with Gasteiger partial charge in [-0.3, -0.25) is 0 Å². The predicted octanol–water partition coefficient (Wildman–Crippen LogP) is 3.12. The van der Waals surface area contributed by atoms with Gasteiger partial charge in [-0.25, -0.2) is 4.98 Å². The van der Waals surface area contributed by atoms with Crippen molar-refractivity contribution in [3.05, 3.63) is 53.9 Å². The number of benzene rings is 2. The molecule has 1 aliphatic rings. The van der Waals surface area contributed by atoms with Crippen molar-refractivity contribution in [3.63, 3.8) is 0 Å². The molecule has 0 amide bonds. The lowest BCUT2D eigenvalue weighted by Crippen LogP contribution is -2.15. The van der Waals surface area contributed by atoms with E-state index < -0.39 is 0 Å². The molecule has 0 bridgehead atoms. The quantitative estimate of drug-likeness (QED) is 0.741. The lowest BCUT2D eigenvalue weighted by Gasteiger charge is -2.18. The molecule has 0 N–H and O–H groups in total. The van der Waals surface area contributed by atoms with Gasteiger partial charge in [0, 0.05) is 18.6 Å². The second kappa shape index (κ2) is 6.25. The highest BCUT2D eigenvalue weighted by Gasteiger charge is 2.18. The highest BCUT2D eigenvalue weighted by molar-refractivity contribution is 5.81. The fourth-order valence-electron chi connectivity index (χ4n) is 3.05. The van der Waals surface area contributed by atoms with Crippen molar-refractivity contribution in [1.29, 1.82) is 5.26 Å². The van der Waals surface area contributed by atoms with E-state index in [0.29, 0.717) is 13.2 Å². The molecule has 0 unspecified atom stereocenters. The number of imidazole rings is 1. The lowest BCUT2D eigenvalue weighted by atomic mass is 10.1.